The Kier molecular flexibility index (Phi) is 6.63. The van der Waals surface area contributed by atoms with Crippen LogP contribution in [-0.4, -0.2) is 67.7 Å². The van der Waals surface area contributed by atoms with Crippen LogP contribution in [0, 0.1) is 0 Å². The Bertz CT molecular complexity index is 1100. The van der Waals surface area contributed by atoms with Crippen LogP contribution in [0.2, 0.25) is 0 Å². The summed E-state index contributed by atoms with van der Waals surface area (Å²) in [5, 5.41) is 0. The minimum absolute atomic E-state index is 0.00652. The molecule has 2 heterocycles. The number of hydrogen-bond donors (Lipinski definition) is 0. The van der Waals surface area contributed by atoms with E-state index < -0.39 is 27.6 Å². The topological polar surface area (TPSA) is 92.7 Å². The molecule has 0 bridgehead atoms. The van der Waals surface area contributed by atoms with Gasteiger partial charge in [0.15, 0.2) is 9.84 Å². The van der Waals surface area contributed by atoms with Gasteiger partial charge in [0, 0.05) is 38.6 Å². The van der Waals surface area contributed by atoms with E-state index in [0.717, 1.165) is 18.5 Å². The minimum atomic E-state index is -4.58. The number of carbonyl (C=O) groups is 1. The largest absolute Gasteiger partial charge is 0.490 e. The molecule has 3 rings (SSSR count). The van der Waals surface area contributed by atoms with Gasteiger partial charge >= 0.3 is 6.18 Å². The second kappa shape index (κ2) is 8.93. The molecule has 1 aliphatic rings. The fourth-order valence-electron chi connectivity index (χ4n) is 3.20. The predicted octanol–water partition coefficient (Wildman–Crippen LogP) is 2.65. The number of aromatic nitrogens is 2. The standard InChI is InChI=1S/C20H23F3N4O4S/c1-13(2)31-16-5-4-14(32(3,29)30)12-15(16)18(28)26-8-10-27(11-9-26)19-24-7-6-17(25-19)20(21,22)23/h4-7,12-13H,8-11H2,1-3H3. The van der Waals surface area contributed by atoms with Crippen molar-refractivity contribution in [3.8, 4) is 5.75 Å². The van der Waals surface area contributed by atoms with E-state index in [9.17, 15) is 26.4 Å². The van der Waals surface area contributed by atoms with Crippen LogP contribution >= 0.6 is 0 Å². The van der Waals surface area contributed by atoms with Crippen LogP contribution in [0.3, 0.4) is 0 Å². The number of benzene rings is 1. The smallest absolute Gasteiger partial charge is 0.433 e. The molecule has 1 aliphatic heterocycles. The lowest BCUT2D eigenvalue weighted by molar-refractivity contribution is -0.141. The highest BCUT2D eigenvalue weighted by molar-refractivity contribution is 7.90. The molecule has 0 saturated carbocycles. The van der Waals surface area contributed by atoms with E-state index in [2.05, 4.69) is 9.97 Å². The molecule has 1 amide bonds. The van der Waals surface area contributed by atoms with Crippen LogP contribution in [0.25, 0.3) is 0 Å². The number of carbonyl (C=O) groups excluding carboxylic acids is 1. The summed E-state index contributed by atoms with van der Waals surface area (Å²) in [6.45, 7) is 4.41. The first-order valence-corrected chi connectivity index (χ1v) is 11.7. The number of alkyl halides is 3. The number of sulfone groups is 1. The first-order valence-electron chi connectivity index (χ1n) is 9.81. The minimum Gasteiger partial charge on any atom is -0.490 e. The van der Waals surface area contributed by atoms with Crippen molar-refractivity contribution < 1.29 is 31.1 Å². The molecule has 32 heavy (non-hydrogen) atoms. The zero-order valence-electron chi connectivity index (χ0n) is 17.8. The Morgan fingerprint density at radius 2 is 1.78 bits per heavy atom. The monoisotopic (exact) mass is 472 g/mol. The summed E-state index contributed by atoms with van der Waals surface area (Å²) in [6.07, 6.45) is -2.71. The van der Waals surface area contributed by atoms with Gasteiger partial charge in [-0.3, -0.25) is 4.79 Å². The summed E-state index contributed by atoms with van der Waals surface area (Å²) in [5.74, 6) is -0.216. The van der Waals surface area contributed by atoms with Gasteiger partial charge in [-0.05, 0) is 38.1 Å². The SMILES string of the molecule is CC(C)Oc1ccc(S(C)(=O)=O)cc1C(=O)N1CCN(c2nccc(C(F)(F)F)n2)CC1. The van der Waals surface area contributed by atoms with Crippen molar-refractivity contribution in [2.45, 2.75) is 31.0 Å². The molecule has 0 spiro atoms. The van der Waals surface area contributed by atoms with Crippen LogP contribution in [0.15, 0.2) is 35.4 Å². The van der Waals surface area contributed by atoms with Gasteiger partial charge in [0.2, 0.25) is 5.95 Å². The normalized spacial score (nSPS) is 15.2. The van der Waals surface area contributed by atoms with Gasteiger partial charge in [0.05, 0.1) is 16.6 Å². The number of amides is 1. The van der Waals surface area contributed by atoms with Gasteiger partial charge in [-0.2, -0.15) is 13.2 Å². The fraction of sp³-hybridized carbons (Fsp3) is 0.450. The average molecular weight is 472 g/mol. The third kappa shape index (κ3) is 5.47. The maximum Gasteiger partial charge on any atom is 0.433 e. The van der Waals surface area contributed by atoms with Crippen LogP contribution < -0.4 is 9.64 Å². The molecule has 0 atom stereocenters. The Hall–Kier alpha value is -2.89. The van der Waals surface area contributed by atoms with Crippen molar-refractivity contribution in [1.82, 2.24) is 14.9 Å². The van der Waals surface area contributed by atoms with E-state index in [1.165, 1.54) is 23.1 Å². The number of ether oxygens (including phenoxy) is 1. The summed E-state index contributed by atoms with van der Waals surface area (Å²) in [7, 11) is -3.54. The molecular weight excluding hydrogens is 449 g/mol. The number of hydrogen-bond acceptors (Lipinski definition) is 7. The van der Waals surface area contributed by atoms with Crippen molar-refractivity contribution >= 4 is 21.7 Å². The van der Waals surface area contributed by atoms with Crippen molar-refractivity contribution in [1.29, 1.82) is 0 Å². The van der Waals surface area contributed by atoms with Gasteiger partial charge in [-0.1, -0.05) is 0 Å². The maximum absolute atomic E-state index is 13.2. The van der Waals surface area contributed by atoms with Gasteiger partial charge in [0.1, 0.15) is 11.4 Å². The van der Waals surface area contributed by atoms with Crippen LogP contribution in [-0.2, 0) is 16.0 Å². The second-order valence-electron chi connectivity index (χ2n) is 7.62. The van der Waals surface area contributed by atoms with Gasteiger partial charge in [-0.15, -0.1) is 0 Å². The lowest BCUT2D eigenvalue weighted by Crippen LogP contribution is -2.49. The predicted molar refractivity (Wildman–Crippen MR) is 110 cm³/mol. The summed E-state index contributed by atoms with van der Waals surface area (Å²) < 4.78 is 68.3. The first-order chi connectivity index (χ1) is 14.9. The van der Waals surface area contributed by atoms with Crippen LogP contribution in [0.5, 0.6) is 5.75 Å². The molecule has 0 unspecified atom stereocenters. The van der Waals surface area contributed by atoms with E-state index in [0.29, 0.717) is 0 Å². The highest BCUT2D eigenvalue weighted by Gasteiger charge is 2.34. The number of rotatable bonds is 5. The molecule has 0 radical (unpaired) electrons. The van der Waals surface area contributed by atoms with Crippen molar-refractivity contribution in [2.24, 2.45) is 0 Å². The van der Waals surface area contributed by atoms with Crippen LogP contribution in [0.1, 0.15) is 29.9 Å². The molecule has 0 N–H and O–H groups in total. The third-order valence-electron chi connectivity index (χ3n) is 4.76. The third-order valence-corrected chi connectivity index (χ3v) is 5.87. The zero-order chi connectivity index (χ0) is 23.7. The Balaban J connectivity index is 1.79. The maximum atomic E-state index is 13.2. The second-order valence-corrected chi connectivity index (χ2v) is 9.63. The zero-order valence-corrected chi connectivity index (χ0v) is 18.6. The molecule has 2 aromatic rings. The molecule has 1 saturated heterocycles. The molecule has 0 aliphatic carbocycles. The number of anilines is 1. The molecule has 8 nitrogen and oxygen atoms in total. The summed E-state index contributed by atoms with van der Waals surface area (Å²) in [6, 6.07) is 4.93. The molecule has 1 aromatic carbocycles. The van der Waals surface area contributed by atoms with E-state index in [1.54, 1.807) is 18.7 Å². The van der Waals surface area contributed by atoms with Crippen molar-refractivity contribution in [3.63, 3.8) is 0 Å². The lowest BCUT2D eigenvalue weighted by Gasteiger charge is -2.35. The Morgan fingerprint density at radius 1 is 1.12 bits per heavy atom. The quantitative estimate of drug-likeness (QED) is 0.661. The van der Waals surface area contributed by atoms with E-state index in [-0.39, 0.29) is 54.4 Å². The highest BCUT2D eigenvalue weighted by Crippen LogP contribution is 2.29. The average Bonchev–Trinajstić information content (AvgIpc) is 2.72. The summed E-state index contributed by atoms with van der Waals surface area (Å²) in [5.41, 5.74) is -0.917. The highest BCUT2D eigenvalue weighted by atomic mass is 32.2. The fourth-order valence-corrected chi connectivity index (χ4v) is 3.85. The van der Waals surface area contributed by atoms with E-state index >= 15 is 0 Å². The molecule has 1 fully saturated rings. The summed E-state index contributed by atoms with van der Waals surface area (Å²) >= 11 is 0. The van der Waals surface area contributed by atoms with Crippen LogP contribution in [0.4, 0.5) is 19.1 Å². The Morgan fingerprint density at radius 3 is 2.34 bits per heavy atom. The first kappa shape index (κ1) is 23.8. The Labute approximate surface area is 183 Å². The molecular formula is C20H23F3N4O4S. The van der Waals surface area contributed by atoms with Gasteiger partial charge in [0.25, 0.3) is 5.91 Å². The molecule has 174 valence electrons. The number of piperazine rings is 1. The van der Waals surface area contributed by atoms with Crippen molar-refractivity contribution in [2.75, 3.05) is 37.3 Å². The van der Waals surface area contributed by atoms with Gasteiger partial charge in [-0.25, -0.2) is 18.4 Å². The van der Waals surface area contributed by atoms with Gasteiger partial charge < -0.3 is 14.5 Å². The van der Waals surface area contributed by atoms with Crippen molar-refractivity contribution in [3.05, 3.63) is 41.7 Å². The number of nitrogens with zero attached hydrogens (tertiary/aromatic N) is 4. The van der Waals surface area contributed by atoms with E-state index in [1.807, 2.05) is 0 Å². The molecule has 1 aromatic heterocycles. The molecule has 12 heteroatoms. The summed E-state index contributed by atoms with van der Waals surface area (Å²) in [4.78, 5) is 23.7. The number of halogens is 3. The van der Waals surface area contributed by atoms with E-state index in [4.69, 9.17) is 4.74 Å². The lowest BCUT2D eigenvalue weighted by atomic mass is 10.1.